The van der Waals surface area contributed by atoms with Gasteiger partial charge in [0.25, 0.3) is 0 Å². The fraction of sp³-hybridized carbons (Fsp3) is 0.417. The molecule has 1 amide bonds. The van der Waals surface area contributed by atoms with Crippen molar-refractivity contribution >= 4 is 37.5 Å². The summed E-state index contributed by atoms with van der Waals surface area (Å²) in [5.41, 5.74) is 6.76. The Labute approximate surface area is 126 Å². The van der Waals surface area contributed by atoms with Gasteiger partial charge in [-0.25, -0.2) is 8.42 Å². The van der Waals surface area contributed by atoms with Crippen molar-refractivity contribution in [3.63, 3.8) is 0 Å². The molecule has 1 aliphatic heterocycles. The van der Waals surface area contributed by atoms with E-state index in [0.717, 1.165) is 0 Å². The molecule has 2 rings (SSSR count). The maximum atomic E-state index is 12.7. The van der Waals surface area contributed by atoms with E-state index in [1.165, 1.54) is 4.31 Å². The minimum Gasteiger partial charge on any atom is -0.398 e. The zero-order valence-electron chi connectivity index (χ0n) is 11.0. The highest BCUT2D eigenvalue weighted by molar-refractivity contribution is 9.10. The maximum absolute atomic E-state index is 12.7. The molecule has 0 aliphatic carbocycles. The zero-order valence-corrected chi connectivity index (χ0v) is 13.4. The van der Waals surface area contributed by atoms with Crippen molar-refractivity contribution in [2.45, 2.75) is 18.2 Å². The van der Waals surface area contributed by atoms with Crippen LogP contribution in [0.1, 0.15) is 12.0 Å². The minimum atomic E-state index is -3.65. The molecule has 0 spiro atoms. The molecular weight excluding hydrogens is 346 g/mol. The highest BCUT2D eigenvalue weighted by atomic mass is 79.9. The first-order chi connectivity index (χ1) is 9.32. The van der Waals surface area contributed by atoms with Crippen LogP contribution in [-0.2, 0) is 14.8 Å². The minimum absolute atomic E-state index is 0.131. The van der Waals surface area contributed by atoms with Crippen molar-refractivity contribution in [2.75, 3.05) is 25.4 Å². The summed E-state index contributed by atoms with van der Waals surface area (Å²) in [7, 11) is -3.65. The van der Waals surface area contributed by atoms with Gasteiger partial charge in [0.05, 0.1) is 4.90 Å². The number of nitrogens with zero attached hydrogens (tertiary/aromatic N) is 1. The number of benzene rings is 1. The molecule has 0 aromatic heterocycles. The molecule has 110 valence electrons. The van der Waals surface area contributed by atoms with Crippen molar-refractivity contribution in [1.29, 1.82) is 0 Å². The second-order valence-corrected chi connectivity index (χ2v) is 7.44. The van der Waals surface area contributed by atoms with Crippen LogP contribution in [-0.4, -0.2) is 38.3 Å². The van der Waals surface area contributed by atoms with Gasteiger partial charge in [-0.05, 0) is 24.6 Å². The van der Waals surface area contributed by atoms with Gasteiger partial charge in [-0.2, -0.15) is 4.31 Å². The van der Waals surface area contributed by atoms with Gasteiger partial charge in [-0.1, -0.05) is 15.9 Å². The molecule has 0 saturated carbocycles. The molecule has 3 N–H and O–H groups in total. The highest BCUT2D eigenvalue weighted by Gasteiger charge is 2.28. The van der Waals surface area contributed by atoms with Gasteiger partial charge >= 0.3 is 0 Å². The average Bonchev–Trinajstić information content (AvgIpc) is 2.58. The lowest BCUT2D eigenvalue weighted by Gasteiger charge is -2.21. The fourth-order valence-corrected chi connectivity index (χ4v) is 4.42. The van der Waals surface area contributed by atoms with Crippen molar-refractivity contribution in [3.8, 4) is 0 Å². The smallest absolute Gasteiger partial charge is 0.243 e. The Morgan fingerprint density at radius 1 is 1.35 bits per heavy atom. The van der Waals surface area contributed by atoms with Crippen molar-refractivity contribution in [2.24, 2.45) is 0 Å². The molecule has 1 aliphatic rings. The number of rotatable bonds is 2. The lowest BCUT2D eigenvalue weighted by molar-refractivity contribution is -0.120. The Balaban J connectivity index is 2.42. The Hall–Kier alpha value is -1.12. The van der Waals surface area contributed by atoms with Gasteiger partial charge in [0.2, 0.25) is 15.9 Å². The van der Waals surface area contributed by atoms with Crippen molar-refractivity contribution in [1.82, 2.24) is 9.62 Å². The molecule has 6 nitrogen and oxygen atoms in total. The number of amides is 1. The molecule has 1 aromatic rings. The number of halogens is 1. The van der Waals surface area contributed by atoms with Crippen LogP contribution in [0.4, 0.5) is 5.69 Å². The molecule has 1 saturated heterocycles. The molecular formula is C12H16BrN3O3S. The van der Waals surface area contributed by atoms with Crippen LogP contribution < -0.4 is 11.1 Å². The molecule has 1 heterocycles. The summed E-state index contributed by atoms with van der Waals surface area (Å²) >= 11 is 3.26. The van der Waals surface area contributed by atoms with E-state index in [1.54, 1.807) is 19.1 Å². The van der Waals surface area contributed by atoms with Gasteiger partial charge in [0.15, 0.2) is 0 Å². The Morgan fingerprint density at radius 2 is 2.05 bits per heavy atom. The number of nitrogens with two attached hydrogens (primary N) is 1. The SMILES string of the molecule is Cc1c(N)cc(Br)cc1S(=O)(=O)N1CCNC(=O)CC1. The Kier molecular flexibility index (Phi) is 4.36. The summed E-state index contributed by atoms with van der Waals surface area (Å²) in [5, 5.41) is 2.66. The Bertz CT molecular complexity index is 646. The quantitative estimate of drug-likeness (QED) is 0.763. The largest absolute Gasteiger partial charge is 0.398 e. The number of anilines is 1. The van der Waals surface area contributed by atoms with Gasteiger partial charge in [0, 0.05) is 36.2 Å². The average molecular weight is 362 g/mol. The topological polar surface area (TPSA) is 92.5 Å². The first kappa shape index (κ1) is 15.3. The van der Waals surface area contributed by atoms with E-state index >= 15 is 0 Å². The monoisotopic (exact) mass is 361 g/mol. The molecule has 0 unspecified atom stereocenters. The number of carbonyl (C=O) groups is 1. The number of hydrogen-bond donors (Lipinski definition) is 2. The summed E-state index contributed by atoms with van der Waals surface area (Å²) in [6.07, 6.45) is 0.168. The molecule has 1 fully saturated rings. The van der Waals surface area contributed by atoms with E-state index in [1.807, 2.05) is 0 Å². The van der Waals surface area contributed by atoms with E-state index < -0.39 is 10.0 Å². The van der Waals surface area contributed by atoms with Crippen molar-refractivity contribution < 1.29 is 13.2 Å². The number of carbonyl (C=O) groups excluding carboxylic acids is 1. The first-order valence-corrected chi connectivity index (χ1v) is 8.38. The van der Waals surface area contributed by atoms with E-state index in [2.05, 4.69) is 21.2 Å². The summed E-state index contributed by atoms with van der Waals surface area (Å²) in [4.78, 5) is 11.5. The standard InChI is InChI=1S/C12H16BrN3O3S/c1-8-10(14)6-9(13)7-11(8)20(18,19)16-4-2-12(17)15-3-5-16/h6-7H,2-5,14H2,1H3,(H,15,17). The van der Waals surface area contributed by atoms with E-state index in [-0.39, 0.29) is 30.3 Å². The van der Waals surface area contributed by atoms with Crippen LogP contribution in [0.2, 0.25) is 0 Å². The number of hydrogen-bond acceptors (Lipinski definition) is 4. The molecule has 20 heavy (non-hydrogen) atoms. The summed E-state index contributed by atoms with van der Waals surface area (Å²) < 4.78 is 27.3. The second-order valence-electron chi connectivity index (χ2n) is 4.62. The van der Waals surface area contributed by atoms with Crippen LogP contribution >= 0.6 is 15.9 Å². The maximum Gasteiger partial charge on any atom is 0.243 e. The predicted molar refractivity (Wildman–Crippen MR) is 79.7 cm³/mol. The van der Waals surface area contributed by atoms with Gasteiger partial charge in [-0.3, -0.25) is 4.79 Å². The predicted octanol–water partition coefficient (Wildman–Crippen LogP) is 0.850. The third-order valence-corrected chi connectivity index (χ3v) is 5.74. The molecule has 8 heteroatoms. The number of sulfonamides is 1. The first-order valence-electron chi connectivity index (χ1n) is 6.15. The molecule has 1 aromatic carbocycles. The van der Waals surface area contributed by atoms with E-state index in [0.29, 0.717) is 22.3 Å². The van der Waals surface area contributed by atoms with E-state index in [4.69, 9.17) is 5.73 Å². The van der Waals surface area contributed by atoms with Crippen LogP contribution in [0.25, 0.3) is 0 Å². The zero-order chi connectivity index (χ0) is 14.9. The lowest BCUT2D eigenvalue weighted by Crippen LogP contribution is -2.34. The van der Waals surface area contributed by atoms with Crippen LogP contribution in [0.15, 0.2) is 21.5 Å². The summed E-state index contributed by atoms with van der Waals surface area (Å²) in [6, 6.07) is 3.21. The Morgan fingerprint density at radius 3 is 2.75 bits per heavy atom. The third kappa shape index (κ3) is 2.97. The van der Waals surface area contributed by atoms with Gasteiger partial charge in [-0.15, -0.1) is 0 Å². The van der Waals surface area contributed by atoms with Crippen LogP contribution in [0.3, 0.4) is 0 Å². The molecule has 0 atom stereocenters. The van der Waals surface area contributed by atoms with Crippen LogP contribution in [0, 0.1) is 6.92 Å². The van der Waals surface area contributed by atoms with Crippen molar-refractivity contribution in [3.05, 3.63) is 22.2 Å². The van der Waals surface area contributed by atoms with Gasteiger partial charge < -0.3 is 11.1 Å². The normalized spacial score (nSPS) is 17.6. The number of nitrogens with one attached hydrogen (secondary N) is 1. The highest BCUT2D eigenvalue weighted by Crippen LogP contribution is 2.28. The van der Waals surface area contributed by atoms with Gasteiger partial charge in [0.1, 0.15) is 0 Å². The number of nitrogen functional groups attached to an aromatic ring is 1. The van der Waals surface area contributed by atoms with E-state index in [9.17, 15) is 13.2 Å². The third-order valence-electron chi connectivity index (χ3n) is 3.25. The molecule has 0 radical (unpaired) electrons. The summed E-state index contributed by atoms with van der Waals surface area (Å²) in [5.74, 6) is -0.131. The second kappa shape index (κ2) is 5.71. The van der Waals surface area contributed by atoms with Crippen LogP contribution in [0.5, 0.6) is 0 Å². The lowest BCUT2D eigenvalue weighted by atomic mass is 10.2. The summed E-state index contributed by atoms with van der Waals surface area (Å²) in [6.45, 7) is 2.44. The fourth-order valence-electron chi connectivity index (χ4n) is 2.07. The molecule has 0 bridgehead atoms.